The van der Waals surface area contributed by atoms with Crippen LogP contribution in [-0.4, -0.2) is 31.0 Å². The Hall–Kier alpha value is -3.61. The van der Waals surface area contributed by atoms with E-state index in [4.69, 9.17) is 9.47 Å². The minimum atomic E-state index is -0.584. The zero-order valence-electron chi connectivity index (χ0n) is 15.7. The molecule has 0 aliphatic rings. The highest BCUT2D eigenvalue weighted by molar-refractivity contribution is 6.04. The maximum absolute atomic E-state index is 12.3. The fourth-order valence-corrected chi connectivity index (χ4v) is 2.23. The highest BCUT2D eigenvalue weighted by atomic mass is 16.5. The van der Waals surface area contributed by atoms with E-state index in [9.17, 15) is 14.4 Å². The number of carbonyl (C=O) groups excluding carboxylic acids is 3. The highest BCUT2D eigenvalue weighted by Gasteiger charge is 2.09. The predicted molar refractivity (Wildman–Crippen MR) is 106 cm³/mol. The highest BCUT2D eigenvalue weighted by Crippen LogP contribution is 2.17. The molecule has 0 heterocycles. The smallest absolute Gasteiger partial charge is 0.330 e. The number of anilines is 2. The molecule has 0 saturated carbocycles. The third-order valence-electron chi connectivity index (χ3n) is 3.50. The van der Waals surface area contributed by atoms with Crippen molar-refractivity contribution < 1.29 is 23.9 Å². The minimum Gasteiger partial charge on any atom is -0.494 e. The first-order chi connectivity index (χ1) is 13.5. The zero-order valence-corrected chi connectivity index (χ0v) is 15.7. The molecule has 2 amide bonds. The van der Waals surface area contributed by atoms with Gasteiger partial charge in [-0.05, 0) is 62.4 Å². The summed E-state index contributed by atoms with van der Waals surface area (Å²) in [7, 11) is 0. The lowest BCUT2D eigenvalue weighted by molar-refractivity contribution is -0.142. The van der Waals surface area contributed by atoms with Crippen molar-refractivity contribution in [2.24, 2.45) is 0 Å². The Morgan fingerprint density at radius 3 is 2.14 bits per heavy atom. The first kappa shape index (κ1) is 20.7. The molecule has 28 heavy (non-hydrogen) atoms. The van der Waals surface area contributed by atoms with Gasteiger partial charge in [0.15, 0.2) is 6.61 Å². The Morgan fingerprint density at radius 1 is 0.929 bits per heavy atom. The number of amides is 2. The van der Waals surface area contributed by atoms with Crippen molar-refractivity contribution in [2.45, 2.75) is 13.8 Å². The molecule has 0 fully saturated rings. The van der Waals surface area contributed by atoms with Crippen molar-refractivity contribution in [3.8, 4) is 5.75 Å². The van der Waals surface area contributed by atoms with E-state index < -0.39 is 11.9 Å². The maximum Gasteiger partial charge on any atom is 0.330 e. The van der Waals surface area contributed by atoms with Crippen LogP contribution in [0.25, 0.3) is 0 Å². The van der Waals surface area contributed by atoms with Gasteiger partial charge in [-0.2, -0.15) is 0 Å². The second-order valence-corrected chi connectivity index (χ2v) is 5.64. The Bertz CT molecular complexity index is 842. The molecule has 7 nitrogen and oxygen atoms in total. The average Bonchev–Trinajstić information content (AvgIpc) is 2.69. The Balaban J connectivity index is 1.87. The lowest BCUT2D eigenvalue weighted by Gasteiger charge is -2.08. The predicted octanol–water partition coefficient (Wildman–Crippen LogP) is 3.40. The fraction of sp³-hybridized carbons (Fsp3) is 0.190. The van der Waals surface area contributed by atoms with E-state index in [0.29, 0.717) is 23.5 Å². The van der Waals surface area contributed by atoms with Crippen LogP contribution >= 0.6 is 0 Å². The van der Waals surface area contributed by atoms with Gasteiger partial charge >= 0.3 is 5.97 Å². The molecule has 0 aliphatic heterocycles. The van der Waals surface area contributed by atoms with Gasteiger partial charge in [-0.15, -0.1) is 0 Å². The number of allylic oxidation sites excluding steroid dienone is 1. The van der Waals surface area contributed by atoms with Gasteiger partial charge in [0, 0.05) is 23.0 Å². The number of hydrogen-bond donors (Lipinski definition) is 2. The number of esters is 1. The molecule has 0 saturated heterocycles. The minimum absolute atomic E-state index is 0.276. The normalized spacial score (nSPS) is 10.4. The van der Waals surface area contributed by atoms with Crippen LogP contribution in [0.5, 0.6) is 5.75 Å². The van der Waals surface area contributed by atoms with E-state index in [1.165, 1.54) is 12.2 Å². The van der Waals surface area contributed by atoms with Crippen LogP contribution in [0.1, 0.15) is 24.2 Å². The van der Waals surface area contributed by atoms with E-state index in [2.05, 4.69) is 10.6 Å². The maximum atomic E-state index is 12.3. The van der Waals surface area contributed by atoms with Crippen LogP contribution in [0, 0.1) is 0 Å². The van der Waals surface area contributed by atoms with E-state index in [1.807, 2.05) is 6.92 Å². The van der Waals surface area contributed by atoms with Gasteiger partial charge < -0.3 is 20.1 Å². The summed E-state index contributed by atoms with van der Waals surface area (Å²) < 4.78 is 10.1. The molecule has 0 radical (unpaired) electrons. The van der Waals surface area contributed by atoms with E-state index in [-0.39, 0.29) is 12.5 Å². The Morgan fingerprint density at radius 2 is 1.54 bits per heavy atom. The molecular formula is C21H22N2O5. The molecule has 2 N–H and O–H groups in total. The van der Waals surface area contributed by atoms with Gasteiger partial charge in [0.25, 0.3) is 11.8 Å². The van der Waals surface area contributed by atoms with E-state index >= 15 is 0 Å². The van der Waals surface area contributed by atoms with Crippen molar-refractivity contribution in [1.82, 2.24) is 0 Å². The molecule has 146 valence electrons. The monoisotopic (exact) mass is 382 g/mol. The van der Waals surface area contributed by atoms with Crippen LogP contribution < -0.4 is 15.4 Å². The Kier molecular flexibility index (Phi) is 7.77. The number of ether oxygens (including phenoxy) is 2. The molecule has 0 aliphatic carbocycles. The summed E-state index contributed by atoms with van der Waals surface area (Å²) in [5.41, 5.74) is 1.57. The summed E-state index contributed by atoms with van der Waals surface area (Å²) in [6, 6.07) is 13.4. The van der Waals surface area contributed by atoms with Crippen LogP contribution in [0.2, 0.25) is 0 Å². The van der Waals surface area contributed by atoms with Crippen molar-refractivity contribution in [1.29, 1.82) is 0 Å². The molecule has 0 unspecified atom stereocenters. The third-order valence-corrected chi connectivity index (χ3v) is 3.50. The quantitative estimate of drug-likeness (QED) is 0.539. The summed E-state index contributed by atoms with van der Waals surface area (Å²) >= 11 is 0. The van der Waals surface area contributed by atoms with Gasteiger partial charge in [-0.1, -0.05) is 6.08 Å². The van der Waals surface area contributed by atoms with Gasteiger partial charge in [0.1, 0.15) is 5.75 Å². The molecule has 0 atom stereocenters. The largest absolute Gasteiger partial charge is 0.494 e. The average molecular weight is 382 g/mol. The van der Waals surface area contributed by atoms with Crippen LogP contribution in [0.15, 0.2) is 60.7 Å². The summed E-state index contributed by atoms with van der Waals surface area (Å²) in [5, 5.41) is 5.37. The molecule has 2 aromatic carbocycles. The number of hydrogen-bond acceptors (Lipinski definition) is 5. The van der Waals surface area contributed by atoms with Gasteiger partial charge in [0.2, 0.25) is 0 Å². The van der Waals surface area contributed by atoms with Crippen LogP contribution in [0.4, 0.5) is 11.4 Å². The van der Waals surface area contributed by atoms with Crippen molar-refractivity contribution in [2.75, 3.05) is 23.8 Å². The van der Waals surface area contributed by atoms with Crippen molar-refractivity contribution in [3.05, 3.63) is 66.2 Å². The topological polar surface area (TPSA) is 93.7 Å². The first-order valence-corrected chi connectivity index (χ1v) is 8.75. The molecular weight excluding hydrogens is 360 g/mol. The second kappa shape index (κ2) is 10.5. The second-order valence-electron chi connectivity index (χ2n) is 5.64. The lowest BCUT2D eigenvalue weighted by Crippen LogP contribution is -2.20. The fourth-order valence-electron chi connectivity index (χ4n) is 2.23. The van der Waals surface area contributed by atoms with Crippen LogP contribution in [0.3, 0.4) is 0 Å². The van der Waals surface area contributed by atoms with E-state index in [0.717, 1.165) is 5.75 Å². The summed E-state index contributed by atoms with van der Waals surface area (Å²) in [6.07, 6.45) is 2.75. The molecule has 2 aromatic rings. The third kappa shape index (κ3) is 6.60. The summed E-state index contributed by atoms with van der Waals surface area (Å²) in [6.45, 7) is 3.77. The van der Waals surface area contributed by atoms with Crippen LogP contribution in [-0.2, 0) is 14.3 Å². The Labute approximate surface area is 163 Å². The summed E-state index contributed by atoms with van der Waals surface area (Å²) in [4.78, 5) is 35.2. The number of rotatable bonds is 8. The molecule has 0 aromatic heterocycles. The lowest BCUT2D eigenvalue weighted by atomic mass is 10.2. The molecule has 2 rings (SSSR count). The zero-order chi connectivity index (χ0) is 20.4. The number of benzene rings is 2. The number of nitrogens with one attached hydrogen (secondary N) is 2. The SMILES string of the molecule is C/C=C/C(=O)OCC(=O)Nc1ccc(C(=O)Nc2ccc(OCC)cc2)cc1. The first-order valence-electron chi connectivity index (χ1n) is 8.75. The molecule has 0 bridgehead atoms. The van der Waals surface area contributed by atoms with Gasteiger partial charge in [0.05, 0.1) is 6.61 Å². The van der Waals surface area contributed by atoms with Gasteiger partial charge in [-0.25, -0.2) is 4.79 Å². The van der Waals surface area contributed by atoms with Gasteiger partial charge in [-0.3, -0.25) is 9.59 Å². The van der Waals surface area contributed by atoms with E-state index in [1.54, 1.807) is 55.5 Å². The van der Waals surface area contributed by atoms with Crippen molar-refractivity contribution >= 4 is 29.2 Å². The molecule has 7 heteroatoms. The van der Waals surface area contributed by atoms with Crippen molar-refractivity contribution in [3.63, 3.8) is 0 Å². The number of carbonyl (C=O) groups is 3. The molecule has 0 spiro atoms. The standard InChI is InChI=1S/C21H22N2O5/c1-3-5-20(25)28-14-19(24)22-16-8-6-15(7-9-16)21(26)23-17-10-12-18(13-11-17)27-4-2/h3,5-13H,4,14H2,1-2H3,(H,22,24)(H,23,26)/b5-3+. The summed E-state index contributed by atoms with van der Waals surface area (Å²) in [5.74, 6) is -0.595.